The van der Waals surface area contributed by atoms with Gasteiger partial charge < -0.3 is 9.84 Å². The van der Waals surface area contributed by atoms with Gasteiger partial charge in [0.2, 0.25) is 0 Å². The standard InChI is InChI=1S/C26H30ClNO3/c1-2-24-20(15-28-16-21(17-28)26(29)30)8-7-19-14-23(11-12-25(19)24)31-13-3-4-18-5-9-22(27)10-6-18/h5-6,9-12,14,21H,2-4,7-8,13,15-17H2,1H3,(H,29,30). The molecule has 0 spiro atoms. The highest BCUT2D eigenvalue weighted by Gasteiger charge is 2.33. The van der Waals surface area contributed by atoms with E-state index in [0.29, 0.717) is 19.7 Å². The number of carboxylic acid groups (broad SMARTS) is 1. The van der Waals surface area contributed by atoms with Gasteiger partial charge in [-0.2, -0.15) is 0 Å². The second kappa shape index (κ2) is 9.88. The zero-order valence-corrected chi connectivity index (χ0v) is 18.8. The van der Waals surface area contributed by atoms with Crippen molar-refractivity contribution in [1.29, 1.82) is 0 Å². The Morgan fingerprint density at radius 3 is 2.65 bits per heavy atom. The van der Waals surface area contributed by atoms with E-state index in [0.717, 1.165) is 49.4 Å². The largest absolute Gasteiger partial charge is 0.494 e. The molecule has 2 aliphatic rings. The number of carbonyl (C=O) groups is 1. The number of carboxylic acids is 1. The zero-order valence-electron chi connectivity index (χ0n) is 18.1. The third-order valence-corrected chi connectivity index (χ3v) is 6.64. The first-order valence-corrected chi connectivity index (χ1v) is 11.6. The van der Waals surface area contributed by atoms with Crippen molar-refractivity contribution in [2.75, 3.05) is 26.2 Å². The number of rotatable bonds is 9. The van der Waals surface area contributed by atoms with Crippen LogP contribution in [0, 0.1) is 5.92 Å². The van der Waals surface area contributed by atoms with Crippen molar-refractivity contribution in [3.05, 3.63) is 69.8 Å². The minimum absolute atomic E-state index is 0.194. The summed E-state index contributed by atoms with van der Waals surface area (Å²) >= 11 is 5.94. The predicted octanol–water partition coefficient (Wildman–Crippen LogP) is 5.48. The minimum atomic E-state index is -0.671. The van der Waals surface area contributed by atoms with Crippen molar-refractivity contribution in [3.8, 4) is 5.75 Å². The van der Waals surface area contributed by atoms with E-state index in [2.05, 4.69) is 42.2 Å². The first-order valence-electron chi connectivity index (χ1n) is 11.2. The first kappa shape index (κ1) is 21.9. The van der Waals surface area contributed by atoms with Gasteiger partial charge in [0, 0.05) is 24.7 Å². The maximum Gasteiger partial charge on any atom is 0.309 e. The van der Waals surface area contributed by atoms with Crippen LogP contribution in [0.2, 0.25) is 5.02 Å². The molecule has 1 aliphatic heterocycles. The number of hydrogen-bond donors (Lipinski definition) is 1. The molecule has 4 rings (SSSR count). The Bertz CT molecular complexity index is 961. The molecule has 0 bridgehead atoms. The quantitative estimate of drug-likeness (QED) is 0.526. The van der Waals surface area contributed by atoms with Crippen molar-refractivity contribution in [2.45, 2.75) is 39.0 Å². The summed E-state index contributed by atoms with van der Waals surface area (Å²) in [6.45, 7) is 5.15. The number of benzene rings is 2. The fraction of sp³-hybridized carbons (Fsp3) is 0.423. The van der Waals surface area contributed by atoms with Gasteiger partial charge in [0.05, 0.1) is 12.5 Å². The first-order chi connectivity index (χ1) is 15.0. The van der Waals surface area contributed by atoms with E-state index in [1.807, 2.05) is 12.1 Å². The SMILES string of the molecule is CCC1=C(CN2CC(C(=O)O)C2)CCc2cc(OCCCc3ccc(Cl)cc3)ccc21. The summed E-state index contributed by atoms with van der Waals surface area (Å²) in [6, 6.07) is 14.5. The van der Waals surface area contributed by atoms with Crippen LogP contribution in [-0.4, -0.2) is 42.2 Å². The molecule has 0 amide bonds. The molecule has 31 heavy (non-hydrogen) atoms. The maximum absolute atomic E-state index is 11.1. The second-order valence-corrected chi connectivity index (χ2v) is 9.00. The van der Waals surface area contributed by atoms with Gasteiger partial charge in [0.1, 0.15) is 5.75 Å². The lowest BCUT2D eigenvalue weighted by Crippen LogP contribution is -2.50. The summed E-state index contributed by atoms with van der Waals surface area (Å²) in [7, 11) is 0. The molecule has 0 aromatic heterocycles. The molecule has 5 heteroatoms. The number of nitrogens with zero attached hydrogens (tertiary/aromatic N) is 1. The molecular formula is C26H30ClNO3. The van der Waals surface area contributed by atoms with Crippen LogP contribution in [0.4, 0.5) is 0 Å². The maximum atomic E-state index is 11.1. The third-order valence-electron chi connectivity index (χ3n) is 6.39. The molecule has 2 aromatic carbocycles. The summed E-state index contributed by atoms with van der Waals surface area (Å²) in [5.74, 6) is 0.0809. The molecule has 1 aliphatic carbocycles. The average molecular weight is 440 g/mol. The van der Waals surface area contributed by atoms with Gasteiger partial charge in [-0.3, -0.25) is 9.69 Å². The number of hydrogen-bond acceptors (Lipinski definition) is 3. The van der Waals surface area contributed by atoms with Crippen molar-refractivity contribution >= 4 is 23.1 Å². The van der Waals surface area contributed by atoms with Crippen LogP contribution in [0.15, 0.2) is 48.0 Å². The highest BCUT2D eigenvalue weighted by Crippen LogP contribution is 2.36. The van der Waals surface area contributed by atoms with E-state index < -0.39 is 5.97 Å². The number of ether oxygens (including phenoxy) is 1. The van der Waals surface area contributed by atoms with Crippen LogP contribution in [0.1, 0.15) is 42.9 Å². The van der Waals surface area contributed by atoms with Crippen LogP contribution < -0.4 is 4.74 Å². The fourth-order valence-corrected chi connectivity index (χ4v) is 4.77. The lowest BCUT2D eigenvalue weighted by molar-refractivity contribution is -0.147. The average Bonchev–Trinajstić information content (AvgIpc) is 2.74. The normalized spacial score (nSPS) is 16.7. The second-order valence-electron chi connectivity index (χ2n) is 8.56. The van der Waals surface area contributed by atoms with E-state index in [1.165, 1.54) is 27.8 Å². The van der Waals surface area contributed by atoms with E-state index in [9.17, 15) is 4.79 Å². The Labute approximate surface area is 189 Å². The van der Waals surface area contributed by atoms with E-state index in [-0.39, 0.29) is 5.92 Å². The minimum Gasteiger partial charge on any atom is -0.494 e. The van der Waals surface area contributed by atoms with Gasteiger partial charge in [0.25, 0.3) is 0 Å². The van der Waals surface area contributed by atoms with Gasteiger partial charge in [-0.05, 0) is 78.6 Å². The third kappa shape index (κ3) is 5.31. The molecule has 1 fully saturated rings. The van der Waals surface area contributed by atoms with Gasteiger partial charge in [0.15, 0.2) is 0 Å². The number of allylic oxidation sites excluding steroid dienone is 1. The molecule has 0 atom stereocenters. The summed E-state index contributed by atoms with van der Waals surface area (Å²) in [5, 5.41) is 9.87. The summed E-state index contributed by atoms with van der Waals surface area (Å²) in [6.07, 6.45) is 5.01. The topological polar surface area (TPSA) is 49.8 Å². The zero-order chi connectivity index (χ0) is 21.8. The van der Waals surface area contributed by atoms with Crippen LogP contribution in [0.3, 0.4) is 0 Å². The fourth-order valence-electron chi connectivity index (χ4n) is 4.65. The van der Waals surface area contributed by atoms with Crippen LogP contribution in [0.25, 0.3) is 5.57 Å². The van der Waals surface area contributed by atoms with Gasteiger partial charge >= 0.3 is 5.97 Å². The van der Waals surface area contributed by atoms with Crippen molar-refractivity contribution < 1.29 is 14.6 Å². The summed E-state index contributed by atoms with van der Waals surface area (Å²) in [5.41, 5.74) is 6.88. The lowest BCUT2D eigenvalue weighted by atomic mass is 9.83. The van der Waals surface area contributed by atoms with E-state index in [1.54, 1.807) is 0 Å². The number of aryl methyl sites for hydroxylation is 2. The lowest BCUT2D eigenvalue weighted by Gasteiger charge is -2.38. The number of fused-ring (bicyclic) bond motifs is 1. The van der Waals surface area contributed by atoms with Gasteiger partial charge in [-0.25, -0.2) is 0 Å². The Kier molecular flexibility index (Phi) is 6.99. The van der Waals surface area contributed by atoms with Crippen molar-refractivity contribution in [3.63, 3.8) is 0 Å². The molecule has 164 valence electrons. The molecule has 4 nitrogen and oxygen atoms in total. The number of likely N-dealkylation sites (tertiary alicyclic amines) is 1. The van der Waals surface area contributed by atoms with Crippen LogP contribution >= 0.6 is 11.6 Å². The Hall–Kier alpha value is -2.30. The predicted molar refractivity (Wildman–Crippen MR) is 125 cm³/mol. The monoisotopic (exact) mass is 439 g/mol. The van der Waals surface area contributed by atoms with Crippen molar-refractivity contribution in [2.24, 2.45) is 5.92 Å². The molecule has 0 unspecified atom stereocenters. The smallest absolute Gasteiger partial charge is 0.309 e. The molecule has 0 saturated carbocycles. The highest BCUT2D eigenvalue weighted by atomic mass is 35.5. The van der Waals surface area contributed by atoms with E-state index >= 15 is 0 Å². The summed E-state index contributed by atoms with van der Waals surface area (Å²) < 4.78 is 6.03. The summed E-state index contributed by atoms with van der Waals surface area (Å²) in [4.78, 5) is 13.3. The molecule has 0 radical (unpaired) electrons. The molecule has 1 heterocycles. The van der Waals surface area contributed by atoms with Crippen LogP contribution in [0.5, 0.6) is 5.75 Å². The highest BCUT2D eigenvalue weighted by molar-refractivity contribution is 6.30. The molecule has 2 aromatic rings. The Morgan fingerprint density at radius 1 is 1.16 bits per heavy atom. The van der Waals surface area contributed by atoms with Gasteiger partial charge in [-0.1, -0.05) is 42.3 Å². The molecular weight excluding hydrogens is 410 g/mol. The number of aliphatic carboxylic acids is 1. The molecule has 1 N–H and O–H groups in total. The Balaban J connectivity index is 1.33. The number of halogens is 1. The van der Waals surface area contributed by atoms with Gasteiger partial charge in [-0.15, -0.1) is 0 Å². The Morgan fingerprint density at radius 2 is 1.94 bits per heavy atom. The molecule has 1 saturated heterocycles. The van der Waals surface area contributed by atoms with Crippen LogP contribution in [-0.2, 0) is 17.6 Å². The van der Waals surface area contributed by atoms with E-state index in [4.69, 9.17) is 21.4 Å². The van der Waals surface area contributed by atoms with Crippen molar-refractivity contribution in [1.82, 2.24) is 4.90 Å².